The van der Waals surface area contributed by atoms with Crippen LogP contribution in [0.1, 0.15) is 18.3 Å². The van der Waals surface area contributed by atoms with Crippen LogP contribution in [0.2, 0.25) is 0 Å². The largest absolute Gasteiger partial charge is 0.399 e. The van der Waals surface area contributed by atoms with Crippen LogP contribution in [0, 0.1) is 0 Å². The molecule has 0 saturated heterocycles. The Morgan fingerprint density at radius 1 is 1.28 bits per heavy atom. The lowest BCUT2D eigenvalue weighted by Gasteiger charge is -2.19. The summed E-state index contributed by atoms with van der Waals surface area (Å²) in [5.41, 5.74) is 9.99. The fraction of sp³-hybridized carbons (Fsp3) is 0.357. The summed E-state index contributed by atoms with van der Waals surface area (Å²) in [7, 11) is 4.06. The Bertz CT molecular complexity index is 513. The van der Waals surface area contributed by atoms with Crippen LogP contribution in [0.25, 0.3) is 0 Å². The molecule has 4 nitrogen and oxygen atoms in total. The first kappa shape index (κ1) is 12.5. The third-order valence-corrected chi connectivity index (χ3v) is 3.12. The van der Waals surface area contributed by atoms with Gasteiger partial charge >= 0.3 is 0 Å². The van der Waals surface area contributed by atoms with Crippen molar-refractivity contribution in [3.05, 3.63) is 41.7 Å². The van der Waals surface area contributed by atoms with Crippen molar-refractivity contribution in [1.82, 2.24) is 9.78 Å². The molecule has 2 N–H and O–H groups in total. The summed E-state index contributed by atoms with van der Waals surface area (Å²) in [5.74, 6) is 0. The molecule has 18 heavy (non-hydrogen) atoms. The summed E-state index contributed by atoms with van der Waals surface area (Å²) in [6.45, 7) is 2.96. The van der Waals surface area contributed by atoms with Crippen LogP contribution < -0.4 is 10.6 Å². The number of hydrogen-bond donors (Lipinski definition) is 1. The monoisotopic (exact) mass is 244 g/mol. The van der Waals surface area contributed by atoms with Gasteiger partial charge in [0, 0.05) is 25.5 Å². The number of hydrogen-bond acceptors (Lipinski definition) is 3. The van der Waals surface area contributed by atoms with Crippen molar-refractivity contribution in [2.24, 2.45) is 7.05 Å². The van der Waals surface area contributed by atoms with Gasteiger partial charge in [0.1, 0.15) is 0 Å². The van der Waals surface area contributed by atoms with E-state index >= 15 is 0 Å². The van der Waals surface area contributed by atoms with Crippen molar-refractivity contribution in [3.63, 3.8) is 0 Å². The second-order valence-corrected chi connectivity index (χ2v) is 4.55. The molecule has 2 rings (SSSR count). The van der Waals surface area contributed by atoms with Gasteiger partial charge in [0.05, 0.1) is 17.9 Å². The average Bonchev–Trinajstić information content (AvgIpc) is 2.71. The molecule has 0 unspecified atom stereocenters. The third-order valence-electron chi connectivity index (χ3n) is 3.12. The third kappa shape index (κ3) is 2.64. The lowest BCUT2D eigenvalue weighted by Crippen LogP contribution is -2.18. The summed E-state index contributed by atoms with van der Waals surface area (Å²) in [4.78, 5) is 2.19. The van der Waals surface area contributed by atoms with Crippen molar-refractivity contribution in [2.45, 2.75) is 19.9 Å². The van der Waals surface area contributed by atoms with Crippen LogP contribution in [0.5, 0.6) is 0 Å². The molecule has 0 aliphatic rings. The first-order chi connectivity index (χ1) is 8.60. The van der Waals surface area contributed by atoms with Gasteiger partial charge in [-0.15, -0.1) is 0 Å². The average molecular weight is 244 g/mol. The molecule has 1 aromatic heterocycles. The van der Waals surface area contributed by atoms with E-state index in [-0.39, 0.29) is 0 Å². The number of anilines is 2. The summed E-state index contributed by atoms with van der Waals surface area (Å²) < 4.78 is 1.95. The zero-order chi connectivity index (χ0) is 13.1. The molecule has 1 heterocycles. The number of nitrogen functional groups attached to an aromatic ring is 1. The maximum atomic E-state index is 5.69. The van der Waals surface area contributed by atoms with E-state index in [1.54, 1.807) is 0 Å². The molecule has 0 bridgehead atoms. The SMILES string of the molecule is CCc1cc(CN(C)c2ccc(N)cc2)n(C)n1. The molecule has 0 amide bonds. The second-order valence-electron chi connectivity index (χ2n) is 4.55. The van der Waals surface area contributed by atoms with Gasteiger partial charge in [-0.1, -0.05) is 6.92 Å². The van der Waals surface area contributed by atoms with Crippen molar-refractivity contribution in [2.75, 3.05) is 17.7 Å². The van der Waals surface area contributed by atoms with Crippen molar-refractivity contribution < 1.29 is 0 Å². The summed E-state index contributed by atoms with van der Waals surface area (Å²) >= 11 is 0. The molecular formula is C14H20N4. The van der Waals surface area contributed by atoms with Gasteiger partial charge in [-0.3, -0.25) is 4.68 Å². The molecule has 1 aromatic carbocycles. The Balaban J connectivity index is 2.13. The predicted molar refractivity (Wildman–Crippen MR) is 75.5 cm³/mol. The number of rotatable bonds is 4. The molecule has 0 radical (unpaired) electrons. The van der Waals surface area contributed by atoms with Crippen molar-refractivity contribution >= 4 is 11.4 Å². The highest BCUT2D eigenvalue weighted by Crippen LogP contribution is 2.17. The molecule has 2 aromatic rings. The molecule has 0 aliphatic heterocycles. The first-order valence-electron chi connectivity index (χ1n) is 6.18. The van der Waals surface area contributed by atoms with Gasteiger partial charge in [-0.25, -0.2) is 0 Å². The van der Waals surface area contributed by atoms with E-state index in [9.17, 15) is 0 Å². The zero-order valence-corrected chi connectivity index (χ0v) is 11.2. The Labute approximate surface area is 108 Å². The minimum atomic E-state index is 0.793. The molecule has 0 atom stereocenters. The van der Waals surface area contributed by atoms with Gasteiger partial charge in [0.2, 0.25) is 0 Å². The van der Waals surface area contributed by atoms with E-state index in [4.69, 9.17) is 5.73 Å². The van der Waals surface area contributed by atoms with Crippen molar-refractivity contribution in [1.29, 1.82) is 0 Å². The van der Waals surface area contributed by atoms with Gasteiger partial charge in [-0.05, 0) is 36.8 Å². The quantitative estimate of drug-likeness (QED) is 0.839. The van der Waals surface area contributed by atoms with E-state index in [2.05, 4.69) is 30.0 Å². The number of benzene rings is 1. The molecular weight excluding hydrogens is 224 g/mol. The lowest BCUT2D eigenvalue weighted by atomic mass is 10.2. The molecule has 96 valence electrons. The van der Waals surface area contributed by atoms with E-state index in [1.807, 2.05) is 36.0 Å². The second kappa shape index (κ2) is 5.12. The minimum Gasteiger partial charge on any atom is -0.399 e. The lowest BCUT2D eigenvalue weighted by molar-refractivity contribution is 0.689. The molecule has 0 saturated carbocycles. The fourth-order valence-corrected chi connectivity index (χ4v) is 1.96. The summed E-state index contributed by atoms with van der Waals surface area (Å²) in [6, 6.07) is 10.1. The molecule has 0 spiro atoms. The number of aromatic nitrogens is 2. The topological polar surface area (TPSA) is 47.1 Å². The molecule has 4 heteroatoms. The Hall–Kier alpha value is -1.97. The van der Waals surface area contributed by atoms with Gasteiger partial charge in [0.25, 0.3) is 0 Å². The van der Waals surface area contributed by atoms with E-state index in [0.717, 1.165) is 30.0 Å². The Morgan fingerprint density at radius 2 is 1.94 bits per heavy atom. The van der Waals surface area contributed by atoms with Crippen LogP contribution in [-0.4, -0.2) is 16.8 Å². The van der Waals surface area contributed by atoms with Gasteiger partial charge in [0.15, 0.2) is 0 Å². The minimum absolute atomic E-state index is 0.793. The molecule has 0 fully saturated rings. The van der Waals surface area contributed by atoms with Crippen LogP contribution in [0.3, 0.4) is 0 Å². The van der Waals surface area contributed by atoms with Crippen LogP contribution in [0.4, 0.5) is 11.4 Å². The Kier molecular flexibility index (Phi) is 3.55. The predicted octanol–water partition coefficient (Wildman–Crippen LogP) is 2.20. The molecule has 0 aliphatic carbocycles. The van der Waals surface area contributed by atoms with Gasteiger partial charge in [-0.2, -0.15) is 5.10 Å². The van der Waals surface area contributed by atoms with Crippen molar-refractivity contribution in [3.8, 4) is 0 Å². The highest BCUT2D eigenvalue weighted by molar-refractivity contribution is 5.52. The van der Waals surface area contributed by atoms with E-state index in [1.165, 1.54) is 5.69 Å². The zero-order valence-electron chi connectivity index (χ0n) is 11.2. The smallest absolute Gasteiger partial charge is 0.0625 e. The number of nitrogens with zero attached hydrogens (tertiary/aromatic N) is 3. The highest BCUT2D eigenvalue weighted by atomic mass is 15.3. The Morgan fingerprint density at radius 3 is 2.50 bits per heavy atom. The maximum absolute atomic E-state index is 5.69. The fourth-order valence-electron chi connectivity index (χ4n) is 1.96. The van der Waals surface area contributed by atoms with Crippen LogP contribution in [0.15, 0.2) is 30.3 Å². The normalized spacial score (nSPS) is 10.6. The van der Waals surface area contributed by atoms with Crippen LogP contribution >= 0.6 is 0 Å². The van der Waals surface area contributed by atoms with E-state index < -0.39 is 0 Å². The number of aryl methyl sites for hydroxylation is 2. The standard InChI is InChI=1S/C14H20N4/c1-4-12-9-14(18(3)16-12)10-17(2)13-7-5-11(15)6-8-13/h5-9H,4,10,15H2,1-3H3. The maximum Gasteiger partial charge on any atom is 0.0625 e. The highest BCUT2D eigenvalue weighted by Gasteiger charge is 2.07. The number of nitrogens with two attached hydrogens (primary N) is 1. The van der Waals surface area contributed by atoms with E-state index in [0.29, 0.717) is 0 Å². The summed E-state index contributed by atoms with van der Waals surface area (Å²) in [5, 5.41) is 4.46. The van der Waals surface area contributed by atoms with Gasteiger partial charge < -0.3 is 10.6 Å². The first-order valence-corrected chi connectivity index (χ1v) is 6.18. The van der Waals surface area contributed by atoms with Crippen LogP contribution in [-0.2, 0) is 20.0 Å². The summed E-state index contributed by atoms with van der Waals surface area (Å²) in [6.07, 6.45) is 0.972.